The van der Waals surface area contributed by atoms with Gasteiger partial charge in [-0.15, -0.1) is 0 Å². The molecule has 8 nitrogen and oxygen atoms in total. The highest BCUT2D eigenvalue weighted by molar-refractivity contribution is 7.07. The Balaban J connectivity index is 1.88. The van der Waals surface area contributed by atoms with Crippen LogP contribution in [0.5, 0.6) is 0 Å². The number of nitrogens with one attached hydrogen (secondary N) is 1. The van der Waals surface area contributed by atoms with Crippen LogP contribution in [0.1, 0.15) is 21.9 Å². The van der Waals surface area contributed by atoms with Crippen LogP contribution in [0.3, 0.4) is 0 Å². The van der Waals surface area contributed by atoms with E-state index in [4.69, 9.17) is 5.73 Å². The van der Waals surface area contributed by atoms with Gasteiger partial charge in [-0.3, -0.25) is 23.9 Å². The van der Waals surface area contributed by atoms with Gasteiger partial charge >= 0.3 is 0 Å². The topological polar surface area (TPSA) is 120 Å². The third kappa shape index (κ3) is 4.09. The summed E-state index contributed by atoms with van der Waals surface area (Å²) >= 11 is 1.46. The van der Waals surface area contributed by atoms with Crippen LogP contribution >= 0.6 is 11.3 Å². The van der Waals surface area contributed by atoms with Crippen molar-refractivity contribution in [2.24, 2.45) is 5.73 Å². The Labute approximate surface area is 159 Å². The van der Waals surface area contributed by atoms with Gasteiger partial charge in [-0.1, -0.05) is 0 Å². The number of carbonyl (C=O) groups is 3. The number of carbonyl (C=O) groups excluding carboxylic acids is 3. The molecule has 3 rings (SSSR count). The smallest absolute Gasteiger partial charge is 0.287 e. The molecule has 1 atom stereocenters. The summed E-state index contributed by atoms with van der Waals surface area (Å²) in [6, 6.07) is 4.25. The molecule has 3 heterocycles. The number of rotatable bonds is 7. The standard InChI is InChI=1S/C18H17N5O3S/c1-11-21-9-15(23(11)13-2-5-20-6-3-13)18(26)22-14(16(24)17(19)25)8-12-4-7-27-10-12/h2-7,9-10,14H,8H2,1H3,(H2,19,25)(H,22,26). The van der Waals surface area contributed by atoms with E-state index in [0.29, 0.717) is 11.5 Å². The molecule has 0 aliphatic carbocycles. The largest absolute Gasteiger partial charge is 0.363 e. The van der Waals surface area contributed by atoms with Gasteiger partial charge < -0.3 is 11.1 Å². The third-order valence-electron chi connectivity index (χ3n) is 3.98. The van der Waals surface area contributed by atoms with Crippen LogP contribution < -0.4 is 11.1 Å². The van der Waals surface area contributed by atoms with E-state index >= 15 is 0 Å². The highest BCUT2D eigenvalue weighted by Crippen LogP contribution is 2.15. The fourth-order valence-corrected chi connectivity index (χ4v) is 3.36. The second kappa shape index (κ2) is 7.92. The summed E-state index contributed by atoms with van der Waals surface area (Å²) in [4.78, 5) is 44.5. The number of nitrogens with zero attached hydrogens (tertiary/aromatic N) is 3. The van der Waals surface area contributed by atoms with E-state index in [2.05, 4.69) is 15.3 Å². The Bertz CT molecular complexity index is 966. The predicted molar refractivity (Wildman–Crippen MR) is 99.6 cm³/mol. The number of ketones is 1. The molecule has 0 fully saturated rings. The van der Waals surface area contributed by atoms with Gasteiger partial charge in [0, 0.05) is 18.8 Å². The minimum absolute atomic E-state index is 0.180. The van der Waals surface area contributed by atoms with Gasteiger partial charge in [0.1, 0.15) is 17.6 Å². The van der Waals surface area contributed by atoms with Crippen molar-refractivity contribution in [2.45, 2.75) is 19.4 Å². The van der Waals surface area contributed by atoms with Crippen molar-refractivity contribution in [3.8, 4) is 5.69 Å². The summed E-state index contributed by atoms with van der Waals surface area (Å²) < 4.78 is 1.65. The average Bonchev–Trinajstić information content (AvgIpc) is 3.30. The van der Waals surface area contributed by atoms with Gasteiger partial charge in [-0.05, 0) is 41.4 Å². The number of Topliss-reactive ketones (excluding diaryl/α,β-unsaturated/α-hetero) is 1. The maximum atomic E-state index is 12.8. The Morgan fingerprint density at radius 2 is 2.00 bits per heavy atom. The number of imidazole rings is 1. The fourth-order valence-electron chi connectivity index (χ4n) is 2.68. The van der Waals surface area contributed by atoms with Gasteiger partial charge in [-0.2, -0.15) is 11.3 Å². The van der Waals surface area contributed by atoms with Gasteiger partial charge in [-0.25, -0.2) is 4.98 Å². The number of amides is 2. The average molecular weight is 383 g/mol. The van der Waals surface area contributed by atoms with Crippen LogP contribution in [0.15, 0.2) is 47.5 Å². The number of aryl methyl sites for hydroxylation is 1. The molecule has 1 unspecified atom stereocenters. The normalized spacial score (nSPS) is 11.7. The van der Waals surface area contributed by atoms with Gasteiger partial charge in [0.25, 0.3) is 11.8 Å². The number of nitrogens with two attached hydrogens (primary N) is 1. The number of hydrogen-bond donors (Lipinski definition) is 2. The van der Waals surface area contributed by atoms with Crippen molar-refractivity contribution in [3.05, 3.63) is 64.6 Å². The van der Waals surface area contributed by atoms with Crippen LogP contribution in [0.2, 0.25) is 0 Å². The molecule has 0 radical (unpaired) electrons. The molecule has 0 saturated carbocycles. The van der Waals surface area contributed by atoms with Crippen LogP contribution in [0.4, 0.5) is 0 Å². The first kappa shape index (κ1) is 18.5. The Hall–Kier alpha value is -3.33. The lowest BCUT2D eigenvalue weighted by Crippen LogP contribution is -2.47. The Morgan fingerprint density at radius 1 is 1.26 bits per heavy atom. The minimum atomic E-state index is -1.09. The molecule has 3 aromatic rings. The molecule has 0 saturated heterocycles. The number of primary amides is 1. The zero-order chi connectivity index (χ0) is 19.4. The maximum Gasteiger partial charge on any atom is 0.287 e. The molecule has 3 N–H and O–H groups in total. The summed E-state index contributed by atoms with van der Waals surface area (Å²) in [6.07, 6.45) is 4.81. The van der Waals surface area contributed by atoms with Crippen LogP contribution in [0.25, 0.3) is 5.69 Å². The number of thiophene rings is 1. The Morgan fingerprint density at radius 3 is 2.63 bits per heavy atom. The molecule has 0 spiro atoms. The fraction of sp³-hybridized carbons (Fsp3) is 0.167. The molecule has 0 aliphatic rings. The number of aromatic nitrogens is 3. The molecular weight excluding hydrogens is 366 g/mol. The number of hydrogen-bond acceptors (Lipinski definition) is 6. The predicted octanol–water partition coefficient (Wildman–Crippen LogP) is 1.03. The van der Waals surface area contributed by atoms with Crippen molar-refractivity contribution < 1.29 is 14.4 Å². The lowest BCUT2D eigenvalue weighted by Gasteiger charge is -2.17. The molecule has 0 bridgehead atoms. The first-order chi connectivity index (χ1) is 13.0. The summed E-state index contributed by atoms with van der Waals surface area (Å²) in [5, 5.41) is 6.31. The van der Waals surface area contributed by atoms with E-state index < -0.39 is 23.6 Å². The van der Waals surface area contributed by atoms with E-state index in [-0.39, 0.29) is 12.1 Å². The maximum absolute atomic E-state index is 12.8. The van der Waals surface area contributed by atoms with Crippen molar-refractivity contribution in [1.29, 1.82) is 0 Å². The van der Waals surface area contributed by atoms with E-state index in [1.165, 1.54) is 17.5 Å². The highest BCUT2D eigenvalue weighted by Gasteiger charge is 2.27. The van der Waals surface area contributed by atoms with Crippen molar-refractivity contribution >= 4 is 28.9 Å². The molecule has 2 amide bonds. The minimum Gasteiger partial charge on any atom is -0.363 e. The van der Waals surface area contributed by atoms with E-state index in [9.17, 15) is 14.4 Å². The van der Waals surface area contributed by atoms with Crippen LogP contribution in [0, 0.1) is 6.92 Å². The first-order valence-electron chi connectivity index (χ1n) is 8.07. The zero-order valence-electron chi connectivity index (χ0n) is 14.5. The molecule has 138 valence electrons. The highest BCUT2D eigenvalue weighted by atomic mass is 32.1. The quantitative estimate of drug-likeness (QED) is 0.591. The van der Waals surface area contributed by atoms with Crippen molar-refractivity contribution in [3.63, 3.8) is 0 Å². The van der Waals surface area contributed by atoms with Crippen LogP contribution in [-0.4, -0.2) is 38.2 Å². The lowest BCUT2D eigenvalue weighted by molar-refractivity contribution is -0.137. The second-order valence-electron chi connectivity index (χ2n) is 5.82. The van der Waals surface area contributed by atoms with Gasteiger partial charge in [0.2, 0.25) is 5.78 Å². The van der Waals surface area contributed by atoms with Gasteiger partial charge in [0.05, 0.1) is 11.9 Å². The molecule has 0 aromatic carbocycles. The lowest BCUT2D eigenvalue weighted by atomic mass is 10.0. The second-order valence-corrected chi connectivity index (χ2v) is 6.60. The zero-order valence-corrected chi connectivity index (χ0v) is 15.3. The van der Waals surface area contributed by atoms with Crippen LogP contribution in [-0.2, 0) is 16.0 Å². The summed E-state index contributed by atoms with van der Waals surface area (Å²) in [5.41, 5.74) is 6.93. The summed E-state index contributed by atoms with van der Waals surface area (Å²) in [5.74, 6) is -1.86. The molecule has 3 aromatic heterocycles. The first-order valence-corrected chi connectivity index (χ1v) is 9.02. The summed E-state index contributed by atoms with van der Waals surface area (Å²) in [7, 11) is 0. The molecular formula is C18H17N5O3S. The molecule has 27 heavy (non-hydrogen) atoms. The Kier molecular flexibility index (Phi) is 5.41. The van der Waals surface area contributed by atoms with Crippen molar-refractivity contribution in [1.82, 2.24) is 19.9 Å². The van der Waals surface area contributed by atoms with Gasteiger partial charge in [0.15, 0.2) is 0 Å². The van der Waals surface area contributed by atoms with Crippen molar-refractivity contribution in [2.75, 3.05) is 0 Å². The SMILES string of the molecule is Cc1ncc(C(=O)NC(Cc2ccsc2)C(=O)C(N)=O)n1-c1ccncc1. The molecule has 0 aliphatic heterocycles. The number of pyridine rings is 1. The van der Waals surface area contributed by atoms with E-state index in [0.717, 1.165) is 5.56 Å². The molecule has 9 heteroatoms. The third-order valence-corrected chi connectivity index (χ3v) is 4.71. The van der Waals surface area contributed by atoms with E-state index in [1.54, 1.807) is 36.0 Å². The van der Waals surface area contributed by atoms with E-state index in [1.807, 2.05) is 16.8 Å². The summed E-state index contributed by atoms with van der Waals surface area (Å²) in [6.45, 7) is 1.76. The monoisotopic (exact) mass is 383 g/mol.